The SMILES string of the molecule is O=c1cc(CN2CCC(Nc3ccccc3)C2)c2cc3c(cc2o1)CCC3. The number of fused-ring (bicyclic) bond motifs is 2. The molecule has 4 nitrogen and oxygen atoms in total. The van der Waals surface area contributed by atoms with Crippen molar-refractivity contribution in [2.24, 2.45) is 0 Å². The fraction of sp³-hybridized carbons (Fsp3) is 0.348. The molecule has 2 aromatic carbocycles. The summed E-state index contributed by atoms with van der Waals surface area (Å²) in [6.07, 6.45) is 4.54. The van der Waals surface area contributed by atoms with Crippen LogP contribution in [0.1, 0.15) is 29.5 Å². The van der Waals surface area contributed by atoms with Crippen molar-refractivity contribution in [2.45, 2.75) is 38.3 Å². The Morgan fingerprint density at radius 2 is 1.89 bits per heavy atom. The number of hydrogen-bond donors (Lipinski definition) is 1. The van der Waals surface area contributed by atoms with Crippen molar-refractivity contribution in [2.75, 3.05) is 18.4 Å². The number of aryl methyl sites for hydroxylation is 2. The molecule has 4 heteroatoms. The minimum atomic E-state index is -0.242. The molecule has 0 amide bonds. The zero-order valence-corrected chi connectivity index (χ0v) is 15.4. The van der Waals surface area contributed by atoms with E-state index < -0.39 is 0 Å². The summed E-state index contributed by atoms with van der Waals surface area (Å²) >= 11 is 0. The Morgan fingerprint density at radius 1 is 1.07 bits per heavy atom. The van der Waals surface area contributed by atoms with E-state index in [2.05, 4.69) is 46.6 Å². The van der Waals surface area contributed by atoms with Gasteiger partial charge < -0.3 is 9.73 Å². The second-order valence-corrected chi connectivity index (χ2v) is 7.79. The normalized spacial score (nSPS) is 19.5. The summed E-state index contributed by atoms with van der Waals surface area (Å²) in [5, 5.41) is 4.72. The second kappa shape index (κ2) is 6.86. The molecule has 1 fully saturated rings. The van der Waals surface area contributed by atoms with Gasteiger partial charge in [0.15, 0.2) is 0 Å². The first-order valence-electron chi connectivity index (χ1n) is 9.87. The molecule has 1 saturated heterocycles. The summed E-state index contributed by atoms with van der Waals surface area (Å²) < 4.78 is 5.51. The van der Waals surface area contributed by atoms with Gasteiger partial charge in [-0.05, 0) is 66.6 Å². The average molecular weight is 360 g/mol. The van der Waals surface area contributed by atoms with Gasteiger partial charge in [-0.2, -0.15) is 0 Å². The van der Waals surface area contributed by atoms with Gasteiger partial charge in [0.05, 0.1) is 0 Å². The van der Waals surface area contributed by atoms with Crippen LogP contribution < -0.4 is 10.9 Å². The van der Waals surface area contributed by atoms with Crippen LogP contribution in [-0.2, 0) is 19.4 Å². The minimum absolute atomic E-state index is 0.242. The van der Waals surface area contributed by atoms with Crippen LogP contribution in [0.4, 0.5) is 5.69 Å². The highest BCUT2D eigenvalue weighted by Crippen LogP contribution is 2.29. The van der Waals surface area contributed by atoms with Gasteiger partial charge in [-0.15, -0.1) is 0 Å². The summed E-state index contributed by atoms with van der Waals surface area (Å²) in [6.45, 7) is 2.83. The maximum atomic E-state index is 12.1. The van der Waals surface area contributed by atoms with Crippen LogP contribution in [0.3, 0.4) is 0 Å². The number of anilines is 1. The zero-order chi connectivity index (χ0) is 18.2. The lowest BCUT2D eigenvalue weighted by Crippen LogP contribution is -2.26. The zero-order valence-electron chi connectivity index (χ0n) is 15.4. The molecule has 0 spiro atoms. The third-order valence-corrected chi connectivity index (χ3v) is 5.85. The molecule has 5 rings (SSSR count). The Kier molecular flexibility index (Phi) is 4.21. The summed E-state index contributed by atoms with van der Waals surface area (Å²) in [7, 11) is 0. The Labute approximate surface area is 158 Å². The summed E-state index contributed by atoms with van der Waals surface area (Å²) in [5.41, 5.74) is 5.53. The summed E-state index contributed by atoms with van der Waals surface area (Å²) in [6, 6.07) is 16.8. The highest BCUT2D eigenvalue weighted by atomic mass is 16.4. The molecule has 138 valence electrons. The van der Waals surface area contributed by atoms with Crippen molar-refractivity contribution in [1.29, 1.82) is 0 Å². The monoisotopic (exact) mass is 360 g/mol. The van der Waals surface area contributed by atoms with E-state index in [1.54, 1.807) is 6.07 Å². The molecule has 0 bridgehead atoms. The van der Waals surface area contributed by atoms with E-state index in [1.165, 1.54) is 23.2 Å². The van der Waals surface area contributed by atoms with E-state index >= 15 is 0 Å². The molecule has 1 unspecified atom stereocenters. The fourth-order valence-corrected chi connectivity index (χ4v) is 4.53. The Morgan fingerprint density at radius 3 is 2.74 bits per heavy atom. The molecule has 2 aliphatic rings. The Hall–Kier alpha value is -2.59. The molecule has 1 N–H and O–H groups in total. The van der Waals surface area contributed by atoms with E-state index in [-0.39, 0.29) is 5.63 Å². The number of nitrogens with zero attached hydrogens (tertiary/aromatic N) is 1. The van der Waals surface area contributed by atoms with Crippen LogP contribution >= 0.6 is 0 Å². The lowest BCUT2D eigenvalue weighted by molar-refractivity contribution is 0.329. The van der Waals surface area contributed by atoms with Crippen molar-refractivity contribution < 1.29 is 4.42 Å². The van der Waals surface area contributed by atoms with E-state index in [1.807, 2.05) is 6.07 Å². The molecule has 0 saturated carbocycles. The van der Waals surface area contributed by atoms with Gasteiger partial charge in [0.25, 0.3) is 0 Å². The van der Waals surface area contributed by atoms with Gasteiger partial charge >= 0.3 is 5.63 Å². The van der Waals surface area contributed by atoms with Crippen LogP contribution in [0.15, 0.2) is 57.7 Å². The lowest BCUT2D eigenvalue weighted by atomic mass is 10.0. The van der Waals surface area contributed by atoms with E-state index in [9.17, 15) is 4.79 Å². The number of benzene rings is 2. The number of hydrogen-bond acceptors (Lipinski definition) is 4. The largest absolute Gasteiger partial charge is 0.423 e. The number of nitrogens with one attached hydrogen (secondary N) is 1. The maximum Gasteiger partial charge on any atom is 0.336 e. The van der Waals surface area contributed by atoms with Crippen LogP contribution in [0.2, 0.25) is 0 Å². The number of likely N-dealkylation sites (tertiary alicyclic amines) is 1. The smallest absolute Gasteiger partial charge is 0.336 e. The quantitative estimate of drug-likeness (QED) is 0.715. The first-order chi connectivity index (χ1) is 13.2. The van der Waals surface area contributed by atoms with Crippen molar-refractivity contribution >= 4 is 16.7 Å². The van der Waals surface area contributed by atoms with Gasteiger partial charge in [0.1, 0.15) is 5.58 Å². The highest BCUT2D eigenvalue weighted by Gasteiger charge is 2.23. The predicted molar refractivity (Wildman–Crippen MR) is 108 cm³/mol. The molecule has 27 heavy (non-hydrogen) atoms. The van der Waals surface area contributed by atoms with Gasteiger partial charge in [0, 0.05) is 42.8 Å². The molecule has 3 aromatic rings. The molecular formula is C23H24N2O2. The molecule has 0 radical (unpaired) electrons. The fourth-order valence-electron chi connectivity index (χ4n) is 4.53. The van der Waals surface area contributed by atoms with Crippen LogP contribution in [-0.4, -0.2) is 24.0 Å². The van der Waals surface area contributed by atoms with Gasteiger partial charge in [-0.3, -0.25) is 4.90 Å². The highest BCUT2D eigenvalue weighted by molar-refractivity contribution is 5.82. The van der Waals surface area contributed by atoms with E-state index in [0.29, 0.717) is 6.04 Å². The van der Waals surface area contributed by atoms with Crippen molar-refractivity contribution in [3.05, 3.63) is 75.6 Å². The number of para-hydroxylation sites is 1. The Balaban J connectivity index is 1.36. The second-order valence-electron chi connectivity index (χ2n) is 7.79. The summed E-state index contributed by atoms with van der Waals surface area (Å²) in [5.74, 6) is 0. The first-order valence-corrected chi connectivity index (χ1v) is 9.87. The molecule has 1 aromatic heterocycles. The van der Waals surface area contributed by atoms with Crippen molar-refractivity contribution in [3.63, 3.8) is 0 Å². The average Bonchev–Trinajstić information content (AvgIpc) is 3.30. The summed E-state index contributed by atoms with van der Waals surface area (Å²) in [4.78, 5) is 14.5. The van der Waals surface area contributed by atoms with E-state index in [4.69, 9.17) is 4.42 Å². The first kappa shape index (κ1) is 16.6. The van der Waals surface area contributed by atoms with Crippen LogP contribution in [0, 0.1) is 0 Å². The molecule has 1 aliphatic carbocycles. The third kappa shape index (κ3) is 3.37. The van der Waals surface area contributed by atoms with Crippen molar-refractivity contribution in [3.8, 4) is 0 Å². The Bertz CT molecular complexity index is 1030. The van der Waals surface area contributed by atoms with Crippen LogP contribution in [0.25, 0.3) is 11.0 Å². The van der Waals surface area contributed by atoms with Gasteiger partial charge in [0.2, 0.25) is 0 Å². The van der Waals surface area contributed by atoms with Gasteiger partial charge in [-0.1, -0.05) is 18.2 Å². The van der Waals surface area contributed by atoms with Crippen molar-refractivity contribution in [1.82, 2.24) is 4.90 Å². The molecule has 1 aliphatic heterocycles. The van der Waals surface area contributed by atoms with Crippen LogP contribution in [0.5, 0.6) is 0 Å². The lowest BCUT2D eigenvalue weighted by Gasteiger charge is -2.18. The van der Waals surface area contributed by atoms with Gasteiger partial charge in [-0.25, -0.2) is 4.79 Å². The standard InChI is InChI=1S/C23H24N2O2/c26-23-13-18(21-11-16-5-4-6-17(16)12-22(21)27-23)14-25-10-9-20(15-25)24-19-7-2-1-3-8-19/h1-3,7-8,11-13,20,24H,4-6,9-10,14-15H2. The topological polar surface area (TPSA) is 45.5 Å². The molecular weight excluding hydrogens is 336 g/mol. The molecule has 1 atom stereocenters. The number of rotatable bonds is 4. The maximum absolute atomic E-state index is 12.1. The third-order valence-electron chi connectivity index (χ3n) is 5.85. The van der Waals surface area contributed by atoms with E-state index in [0.717, 1.165) is 55.4 Å². The predicted octanol–water partition coefficient (Wildman–Crippen LogP) is 3.97. The minimum Gasteiger partial charge on any atom is -0.423 e. The molecule has 2 heterocycles.